The van der Waals surface area contributed by atoms with Gasteiger partial charge in [-0.1, -0.05) is 30.3 Å². The van der Waals surface area contributed by atoms with Crippen molar-refractivity contribution in [3.63, 3.8) is 0 Å². The van der Waals surface area contributed by atoms with Gasteiger partial charge in [0.2, 0.25) is 0 Å². The van der Waals surface area contributed by atoms with E-state index >= 15 is 0 Å². The zero-order valence-corrected chi connectivity index (χ0v) is 23.9. The van der Waals surface area contributed by atoms with Crippen molar-refractivity contribution < 1.29 is 4.79 Å². The number of anilines is 4. The van der Waals surface area contributed by atoms with Crippen LogP contribution in [-0.2, 0) is 0 Å². The van der Waals surface area contributed by atoms with E-state index < -0.39 is 5.91 Å². The molecule has 3 aromatic rings. The molecule has 1 aromatic heterocycles. The van der Waals surface area contributed by atoms with Crippen LogP contribution in [0.1, 0.15) is 23.3 Å². The molecule has 4 N–H and O–H groups in total. The van der Waals surface area contributed by atoms with Gasteiger partial charge in [-0.25, -0.2) is 9.97 Å². The van der Waals surface area contributed by atoms with Crippen molar-refractivity contribution in [1.29, 1.82) is 0 Å². The van der Waals surface area contributed by atoms with Crippen LogP contribution >= 0.6 is 11.8 Å². The number of thioether (sulfide) groups is 1. The highest BCUT2D eigenvalue weighted by molar-refractivity contribution is 8.00. The molecule has 0 spiro atoms. The van der Waals surface area contributed by atoms with Crippen molar-refractivity contribution in [2.24, 2.45) is 5.73 Å². The van der Waals surface area contributed by atoms with Gasteiger partial charge in [0.1, 0.15) is 5.69 Å². The van der Waals surface area contributed by atoms with Gasteiger partial charge in [0, 0.05) is 79.8 Å². The molecule has 3 fully saturated rings. The summed E-state index contributed by atoms with van der Waals surface area (Å²) >= 11 is 1.89. The molecule has 0 radical (unpaired) electrons. The molecule has 40 heavy (non-hydrogen) atoms. The zero-order chi connectivity index (χ0) is 27.5. The van der Waals surface area contributed by atoms with E-state index in [-0.39, 0.29) is 5.69 Å². The summed E-state index contributed by atoms with van der Waals surface area (Å²) in [5, 5.41) is 6.84. The first kappa shape index (κ1) is 26.9. The van der Waals surface area contributed by atoms with Gasteiger partial charge in [-0.3, -0.25) is 9.69 Å². The average molecular weight is 559 g/mol. The van der Waals surface area contributed by atoms with Gasteiger partial charge in [0.15, 0.2) is 17.3 Å². The second kappa shape index (κ2) is 12.0. The van der Waals surface area contributed by atoms with Crippen molar-refractivity contribution in [2.75, 3.05) is 73.4 Å². The SMILES string of the molecule is CN1CCN(C2CCN(c3ccc(Nc4nc(NC5CSC5)c(-c5ccccc5)nc4C(N)=O)cc3)CC2)CC1. The Morgan fingerprint density at radius 2 is 1.60 bits per heavy atom. The van der Waals surface area contributed by atoms with Crippen molar-refractivity contribution >= 4 is 40.7 Å². The first-order valence-corrected chi connectivity index (χ1v) is 15.3. The van der Waals surface area contributed by atoms with Gasteiger partial charge >= 0.3 is 0 Å². The Balaban J connectivity index is 1.17. The van der Waals surface area contributed by atoms with E-state index in [1.165, 1.54) is 44.7 Å². The number of hydrogen-bond acceptors (Lipinski definition) is 9. The Morgan fingerprint density at radius 3 is 2.23 bits per heavy atom. The van der Waals surface area contributed by atoms with Crippen LogP contribution in [-0.4, -0.2) is 95.6 Å². The van der Waals surface area contributed by atoms with Crippen LogP contribution in [0.25, 0.3) is 11.3 Å². The van der Waals surface area contributed by atoms with E-state index in [4.69, 9.17) is 15.7 Å². The molecule has 2 aromatic carbocycles. The summed E-state index contributed by atoms with van der Waals surface area (Å²) in [6, 6.07) is 19.2. The minimum atomic E-state index is -0.613. The summed E-state index contributed by atoms with van der Waals surface area (Å²) in [5.41, 5.74) is 9.48. The number of piperidine rings is 1. The lowest BCUT2D eigenvalue weighted by Crippen LogP contribution is -2.52. The lowest BCUT2D eigenvalue weighted by Gasteiger charge is -2.42. The second-order valence-electron chi connectivity index (χ2n) is 11.0. The number of benzene rings is 2. The molecular formula is C30H38N8OS. The number of primary amides is 1. The number of nitrogens with zero attached hydrogens (tertiary/aromatic N) is 5. The molecule has 9 nitrogen and oxygen atoms in total. The van der Waals surface area contributed by atoms with E-state index in [9.17, 15) is 4.79 Å². The molecule has 0 aliphatic carbocycles. The molecule has 3 aliphatic heterocycles. The maximum Gasteiger partial charge on any atom is 0.271 e. The predicted octanol–water partition coefficient (Wildman–Crippen LogP) is 3.73. The summed E-state index contributed by atoms with van der Waals surface area (Å²) in [5.74, 6) is 2.44. The molecule has 3 aliphatic rings. The highest BCUT2D eigenvalue weighted by Gasteiger charge is 2.27. The van der Waals surface area contributed by atoms with E-state index in [2.05, 4.69) is 44.5 Å². The summed E-state index contributed by atoms with van der Waals surface area (Å²) in [6.07, 6.45) is 2.40. The van der Waals surface area contributed by atoms with Crippen molar-refractivity contribution in [3.8, 4) is 11.3 Å². The molecule has 0 atom stereocenters. The van der Waals surface area contributed by atoms with Gasteiger partial charge < -0.3 is 26.2 Å². The standard InChI is InChI=1S/C30H38N8OS/c1-36-15-17-38(18-16-36)25-11-13-37(14-12-25)24-9-7-22(8-10-24)32-30-27(28(31)39)34-26(21-5-3-2-4-6-21)29(35-30)33-23-19-40-20-23/h2-10,23,25H,11-20H2,1H3,(H2,31,39)(H2,32,33,35). The van der Waals surface area contributed by atoms with Gasteiger partial charge in [-0.05, 0) is 44.2 Å². The number of likely N-dealkylation sites (N-methyl/N-ethyl adjacent to an activating group) is 1. The van der Waals surface area contributed by atoms with E-state index in [1.807, 2.05) is 54.2 Å². The second-order valence-corrected chi connectivity index (χ2v) is 12.0. The molecule has 1 amide bonds. The smallest absolute Gasteiger partial charge is 0.271 e. The number of carbonyl (C=O) groups is 1. The van der Waals surface area contributed by atoms with Crippen LogP contribution in [0.4, 0.5) is 23.0 Å². The monoisotopic (exact) mass is 558 g/mol. The fourth-order valence-corrected chi connectivity index (χ4v) is 6.31. The highest BCUT2D eigenvalue weighted by Crippen LogP contribution is 2.32. The number of nitrogens with two attached hydrogens (primary N) is 1. The largest absolute Gasteiger partial charge is 0.371 e. The minimum absolute atomic E-state index is 0.127. The number of rotatable bonds is 8. The van der Waals surface area contributed by atoms with Gasteiger partial charge in [-0.15, -0.1) is 0 Å². The maximum absolute atomic E-state index is 12.5. The molecule has 0 bridgehead atoms. The Hall–Kier alpha value is -3.34. The van der Waals surface area contributed by atoms with Crippen molar-refractivity contribution in [3.05, 3.63) is 60.3 Å². The summed E-state index contributed by atoms with van der Waals surface area (Å²) in [6.45, 7) is 6.83. The van der Waals surface area contributed by atoms with E-state index in [0.717, 1.165) is 35.8 Å². The molecule has 3 saturated heterocycles. The summed E-state index contributed by atoms with van der Waals surface area (Å²) in [7, 11) is 2.21. The molecular weight excluding hydrogens is 520 g/mol. The third-order valence-electron chi connectivity index (χ3n) is 8.17. The third kappa shape index (κ3) is 6.04. The molecule has 10 heteroatoms. The lowest BCUT2D eigenvalue weighted by molar-refractivity contribution is 0.0982. The fourth-order valence-electron chi connectivity index (χ4n) is 5.67. The average Bonchev–Trinajstić information content (AvgIpc) is 2.96. The predicted molar refractivity (Wildman–Crippen MR) is 165 cm³/mol. The molecule has 0 saturated carbocycles. The van der Waals surface area contributed by atoms with Crippen LogP contribution in [0, 0.1) is 0 Å². The van der Waals surface area contributed by atoms with Crippen molar-refractivity contribution in [2.45, 2.75) is 24.9 Å². The minimum Gasteiger partial charge on any atom is -0.371 e. The van der Waals surface area contributed by atoms with Gasteiger partial charge in [-0.2, -0.15) is 11.8 Å². The first-order valence-electron chi connectivity index (χ1n) is 14.2. The number of piperazine rings is 1. The summed E-state index contributed by atoms with van der Waals surface area (Å²) < 4.78 is 0. The molecule has 6 rings (SSSR count). The maximum atomic E-state index is 12.5. The topological polar surface area (TPSA) is 103 Å². The number of nitrogens with one attached hydrogen (secondary N) is 2. The highest BCUT2D eigenvalue weighted by atomic mass is 32.2. The number of aromatic nitrogens is 2. The van der Waals surface area contributed by atoms with Crippen LogP contribution in [0.15, 0.2) is 54.6 Å². The Bertz CT molecular complexity index is 1300. The van der Waals surface area contributed by atoms with Crippen LogP contribution in [0.5, 0.6) is 0 Å². The van der Waals surface area contributed by atoms with E-state index in [0.29, 0.717) is 29.4 Å². The van der Waals surface area contributed by atoms with E-state index in [1.54, 1.807) is 0 Å². The third-order valence-corrected chi connectivity index (χ3v) is 9.45. The van der Waals surface area contributed by atoms with Crippen molar-refractivity contribution in [1.82, 2.24) is 19.8 Å². The Morgan fingerprint density at radius 1 is 0.900 bits per heavy atom. The molecule has 210 valence electrons. The first-order chi connectivity index (χ1) is 19.5. The molecule has 4 heterocycles. The van der Waals surface area contributed by atoms with Gasteiger partial charge in [0.25, 0.3) is 5.91 Å². The quantitative estimate of drug-likeness (QED) is 0.382. The fraction of sp³-hybridized carbons (Fsp3) is 0.433. The number of carbonyl (C=O) groups excluding carboxylic acids is 1. The summed E-state index contributed by atoms with van der Waals surface area (Å²) in [4.78, 5) is 29.6. The van der Waals surface area contributed by atoms with Crippen LogP contribution in [0.3, 0.4) is 0 Å². The number of amides is 1. The Kier molecular flexibility index (Phi) is 8.08. The Labute approximate surface area is 240 Å². The normalized spacial score (nSPS) is 19.3. The number of hydrogen-bond donors (Lipinski definition) is 3. The molecule has 0 unspecified atom stereocenters. The van der Waals surface area contributed by atoms with Gasteiger partial charge in [0.05, 0.1) is 0 Å². The van der Waals surface area contributed by atoms with Crippen LogP contribution in [0.2, 0.25) is 0 Å². The lowest BCUT2D eigenvalue weighted by atomic mass is 10.0. The zero-order valence-electron chi connectivity index (χ0n) is 23.1. The van der Waals surface area contributed by atoms with Crippen LogP contribution < -0.4 is 21.3 Å².